The SMILES string of the molecule is O=C(O)c1cnc(NCC2CC2)nc1.[H-].[Li+]. The molecule has 0 aliphatic heterocycles. The number of carboxylic acid groups (broad SMARTS) is 1. The van der Waals surface area contributed by atoms with Gasteiger partial charge in [-0.2, -0.15) is 0 Å². The van der Waals surface area contributed by atoms with Crippen LogP contribution < -0.4 is 24.2 Å². The van der Waals surface area contributed by atoms with Crippen LogP contribution in [0, 0.1) is 5.92 Å². The first kappa shape index (κ1) is 12.0. The van der Waals surface area contributed by atoms with E-state index in [9.17, 15) is 4.79 Å². The van der Waals surface area contributed by atoms with Gasteiger partial charge < -0.3 is 11.8 Å². The molecule has 0 radical (unpaired) electrons. The summed E-state index contributed by atoms with van der Waals surface area (Å²) >= 11 is 0. The van der Waals surface area contributed by atoms with Crippen LogP contribution >= 0.6 is 0 Å². The zero-order valence-corrected chi connectivity index (χ0v) is 8.60. The van der Waals surface area contributed by atoms with Gasteiger partial charge >= 0.3 is 24.8 Å². The minimum atomic E-state index is -1.00. The van der Waals surface area contributed by atoms with Crippen molar-refractivity contribution in [2.24, 2.45) is 5.92 Å². The van der Waals surface area contributed by atoms with Gasteiger partial charge in [-0.15, -0.1) is 0 Å². The second-order valence-electron chi connectivity index (χ2n) is 3.42. The molecule has 76 valence electrons. The summed E-state index contributed by atoms with van der Waals surface area (Å²) in [6.07, 6.45) is 5.15. The number of aromatic carboxylic acids is 1. The Morgan fingerprint density at radius 2 is 2.13 bits per heavy atom. The van der Waals surface area contributed by atoms with E-state index in [2.05, 4.69) is 15.3 Å². The van der Waals surface area contributed by atoms with Gasteiger partial charge in [0.25, 0.3) is 0 Å². The Labute approximate surface area is 101 Å². The first-order valence-electron chi connectivity index (χ1n) is 4.55. The van der Waals surface area contributed by atoms with Crippen LogP contribution in [-0.4, -0.2) is 27.6 Å². The van der Waals surface area contributed by atoms with Crippen LogP contribution in [0.2, 0.25) is 0 Å². The van der Waals surface area contributed by atoms with E-state index in [1.54, 1.807) is 0 Å². The Bertz CT molecular complexity index is 343. The Hall–Kier alpha value is -1.05. The smallest absolute Gasteiger partial charge is 1.00 e. The molecular formula is C9H12LiN3O2. The predicted molar refractivity (Wildman–Crippen MR) is 51.3 cm³/mol. The molecule has 1 saturated carbocycles. The maximum atomic E-state index is 10.5. The van der Waals surface area contributed by atoms with E-state index in [4.69, 9.17) is 5.11 Å². The van der Waals surface area contributed by atoms with Crippen LogP contribution in [0.25, 0.3) is 0 Å². The molecule has 1 aromatic rings. The molecule has 15 heavy (non-hydrogen) atoms. The number of nitrogens with zero attached hydrogens (tertiary/aromatic N) is 2. The van der Waals surface area contributed by atoms with Crippen molar-refractivity contribution in [3.8, 4) is 0 Å². The van der Waals surface area contributed by atoms with Crippen LogP contribution in [-0.2, 0) is 0 Å². The summed E-state index contributed by atoms with van der Waals surface area (Å²) in [5.41, 5.74) is 0.113. The minimum absolute atomic E-state index is 0. The van der Waals surface area contributed by atoms with Crippen molar-refractivity contribution in [2.45, 2.75) is 12.8 Å². The largest absolute Gasteiger partial charge is 1.00 e. The van der Waals surface area contributed by atoms with Gasteiger partial charge in [-0.3, -0.25) is 0 Å². The van der Waals surface area contributed by atoms with Gasteiger partial charge in [-0.25, -0.2) is 14.8 Å². The van der Waals surface area contributed by atoms with Crippen LogP contribution in [0.5, 0.6) is 0 Å². The second kappa shape index (κ2) is 5.15. The number of carbonyl (C=O) groups is 1. The Morgan fingerprint density at radius 1 is 1.53 bits per heavy atom. The van der Waals surface area contributed by atoms with Crippen molar-refractivity contribution < 1.29 is 30.2 Å². The molecule has 1 aromatic heterocycles. The van der Waals surface area contributed by atoms with Crippen molar-refractivity contribution in [3.05, 3.63) is 18.0 Å². The number of hydrogen-bond donors (Lipinski definition) is 2. The first-order valence-corrected chi connectivity index (χ1v) is 4.55. The fourth-order valence-corrected chi connectivity index (χ4v) is 1.09. The number of aromatic nitrogens is 2. The van der Waals surface area contributed by atoms with Gasteiger partial charge in [0.2, 0.25) is 5.95 Å². The molecule has 0 saturated heterocycles. The molecule has 1 aliphatic rings. The summed E-state index contributed by atoms with van der Waals surface area (Å²) in [5.74, 6) is 0.249. The summed E-state index contributed by atoms with van der Waals surface area (Å²) in [4.78, 5) is 18.3. The molecule has 0 amide bonds. The molecule has 1 aliphatic carbocycles. The predicted octanol–water partition coefficient (Wildman–Crippen LogP) is -1.89. The topological polar surface area (TPSA) is 75.1 Å². The maximum Gasteiger partial charge on any atom is 1.00 e. The number of anilines is 1. The number of rotatable bonds is 4. The van der Waals surface area contributed by atoms with Crippen molar-refractivity contribution in [3.63, 3.8) is 0 Å². The van der Waals surface area contributed by atoms with Crippen molar-refractivity contribution in [1.82, 2.24) is 9.97 Å². The van der Waals surface area contributed by atoms with Gasteiger partial charge in [0.05, 0.1) is 5.56 Å². The van der Waals surface area contributed by atoms with Crippen LogP contribution in [0.3, 0.4) is 0 Å². The first-order chi connectivity index (χ1) is 6.75. The molecule has 2 rings (SSSR count). The fourth-order valence-electron chi connectivity index (χ4n) is 1.09. The van der Waals surface area contributed by atoms with Gasteiger partial charge in [0.1, 0.15) is 0 Å². The molecule has 0 aromatic carbocycles. The van der Waals surface area contributed by atoms with E-state index in [1.807, 2.05) is 0 Å². The molecule has 6 heteroatoms. The number of nitrogens with one attached hydrogen (secondary N) is 1. The van der Waals surface area contributed by atoms with Gasteiger partial charge in [0, 0.05) is 18.9 Å². The third-order valence-electron chi connectivity index (χ3n) is 2.14. The van der Waals surface area contributed by atoms with Crippen LogP contribution in [0.1, 0.15) is 24.6 Å². The molecule has 0 unspecified atom stereocenters. The third-order valence-corrected chi connectivity index (χ3v) is 2.14. The quantitative estimate of drug-likeness (QED) is 0.557. The third kappa shape index (κ3) is 3.54. The Kier molecular flexibility index (Phi) is 4.12. The van der Waals surface area contributed by atoms with Gasteiger partial charge in [-0.1, -0.05) is 0 Å². The maximum absolute atomic E-state index is 10.5. The molecule has 2 N–H and O–H groups in total. The minimum Gasteiger partial charge on any atom is -1.00 e. The zero-order chi connectivity index (χ0) is 9.97. The molecular weight excluding hydrogens is 189 g/mol. The van der Waals surface area contributed by atoms with Crippen LogP contribution in [0.4, 0.5) is 5.95 Å². The van der Waals surface area contributed by atoms with E-state index < -0.39 is 5.97 Å². The van der Waals surface area contributed by atoms with E-state index in [0.717, 1.165) is 12.5 Å². The molecule has 1 heterocycles. The summed E-state index contributed by atoms with van der Waals surface area (Å²) < 4.78 is 0. The Morgan fingerprint density at radius 3 is 2.60 bits per heavy atom. The molecule has 0 atom stereocenters. The standard InChI is InChI=1S/C9H11N3O2.Li.H/c13-8(14)7-4-11-9(12-5-7)10-3-6-1-2-6;;/h4-6H,1-3H2,(H,13,14)(H,10,11,12);;/q;+1;-1. The summed E-state index contributed by atoms with van der Waals surface area (Å²) in [6, 6.07) is 0. The fraction of sp³-hybridized carbons (Fsp3) is 0.444. The number of carboxylic acids is 1. The summed E-state index contributed by atoms with van der Waals surface area (Å²) in [6.45, 7) is 0.881. The van der Waals surface area contributed by atoms with E-state index in [-0.39, 0.29) is 25.9 Å². The van der Waals surface area contributed by atoms with Crippen molar-refractivity contribution in [2.75, 3.05) is 11.9 Å². The molecule has 0 spiro atoms. The average Bonchev–Trinajstić information content (AvgIpc) is 2.99. The normalized spacial score (nSPS) is 14.1. The summed E-state index contributed by atoms with van der Waals surface area (Å²) in [7, 11) is 0. The molecule has 5 nitrogen and oxygen atoms in total. The molecule has 0 bridgehead atoms. The molecule has 1 fully saturated rings. The Balaban J connectivity index is 0.00000112. The second-order valence-corrected chi connectivity index (χ2v) is 3.42. The van der Waals surface area contributed by atoms with E-state index in [1.165, 1.54) is 25.2 Å². The van der Waals surface area contributed by atoms with Crippen LogP contribution in [0.15, 0.2) is 12.4 Å². The van der Waals surface area contributed by atoms with Crippen molar-refractivity contribution in [1.29, 1.82) is 0 Å². The zero-order valence-electron chi connectivity index (χ0n) is 9.60. The van der Waals surface area contributed by atoms with Crippen molar-refractivity contribution >= 4 is 11.9 Å². The van der Waals surface area contributed by atoms with E-state index in [0.29, 0.717) is 5.95 Å². The van der Waals surface area contributed by atoms with Gasteiger partial charge in [0.15, 0.2) is 0 Å². The number of hydrogen-bond acceptors (Lipinski definition) is 4. The monoisotopic (exact) mass is 201 g/mol. The summed E-state index contributed by atoms with van der Waals surface area (Å²) in [5, 5.41) is 11.7. The van der Waals surface area contributed by atoms with E-state index >= 15 is 0 Å². The average molecular weight is 201 g/mol. The van der Waals surface area contributed by atoms with Gasteiger partial charge in [-0.05, 0) is 18.8 Å².